The highest BCUT2D eigenvalue weighted by atomic mass is 16.3. The molecule has 132 heavy (non-hydrogen) atoms. The van der Waals surface area contributed by atoms with Gasteiger partial charge in [-0.15, -0.1) is 0 Å². The number of furan rings is 3. The Morgan fingerprint density at radius 1 is 0.167 bits per heavy atom. The molecule has 26 rings (SSSR count). The van der Waals surface area contributed by atoms with Gasteiger partial charge in [-0.05, 0) is 132 Å². The number of fused-ring (bicyclic) bond motifs is 18. The van der Waals surface area contributed by atoms with E-state index in [1.165, 1.54) is 66.8 Å². The fourth-order valence-electron chi connectivity index (χ4n) is 20.3. The van der Waals surface area contributed by atoms with Gasteiger partial charge in [0.1, 0.15) is 33.5 Å². The zero-order valence-corrected chi connectivity index (χ0v) is 73.3. The van der Waals surface area contributed by atoms with Gasteiger partial charge in [0, 0.05) is 110 Å². The van der Waals surface area contributed by atoms with E-state index in [2.05, 4.69) is 242 Å². The van der Waals surface area contributed by atoms with Crippen LogP contribution in [0.1, 0.15) is 74.9 Å². The Labute approximate surface area is 762 Å². The van der Waals surface area contributed by atoms with E-state index < -0.39 is 0 Å². The van der Waals surface area contributed by atoms with E-state index in [1.54, 1.807) is 0 Å². The lowest BCUT2D eigenvalue weighted by molar-refractivity contribution is 0.647. The Bertz CT molecular complexity index is 8350. The van der Waals surface area contributed by atoms with Crippen LogP contribution in [0.4, 0.5) is 0 Å². The van der Waals surface area contributed by atoms with Gasteiger partial charge in [0.15, 0.2) is 52.4 Å². The molecule has 0 amide bonds. The highest BCUT2D eigenvalue weighted by Crippen LogP contribution is 2.59. The average molecular weight is 1700 g/mol. The van der Waals surface area contributed by atoms with Gasteiger partial charge in [0.25, 0.3) is 0 Å². The van der Waals surface area contributed by atoms with E-state index in [0.29, 0.717) is 52.4 Å². The predicted octanol–water partition coefficient (Wildman–Crippen LogP) is 30.6. The summed E-state index contributed by atoms with van der Waals surface area (Å²) in [5.41, 5.74) is 33.3. The Morgan fingerprint density at radius 2 is 0.447 bits per heavy atom. The Morgan fingerprint density at radius 3 is 0.856 bits per heavy atom. The number of rotatable bonds is 11. The molecule has 12 nitrogen and oxygen atoms in total. The molecule has 0 spiro atoms. The van der Waals surface area contributed by atoms with Crippen LogP contribution >= 0.6 is 0 Å². The van der Waals surface area contributed by atoms with Crippen LogP contribution in [0.3, 0.4) is 0 Å². The molecule has 626 valence electrons. The zero-order valence-electron chi connectivity index (χ0n) is 73.3. The summed E-state index contributed by atoms with van der Waals surface area (Å²) in [5.74, 6) is 5.77. The van der Waals surface area contributed by atoms with Crippen molar-refractivity contribution in [1.82, 2.24) is 44.9 Å². The monoisotopic (exact) mass is 1700 g/mol. The predicted molar refractivity (Wildman–Crippen MR) is 534 cm³/mol. The normalized spacial score (nSPS) is 13.3. The van der Waals surface area contributed by atoms with Gasteiger partial charge in [-0.25, -0.2) is 44.9 Å². The molecule has 0 aliphatic heterocycles. The molecule has 0 bridgehead atoms. The third-order valence-corrected chi connectivity index (χ3v) is 26.7. The van der Waals surface area contributed by atoms with Crippen LogP contribution in [0.25, 0.3) is 224 Å². The van der Waals surface area contributed by atoms with Crippen molar-refractivity contribution in [3.63, 3.8) is 0 Å². The molecule has 0 saturated carbocycles. The second-order valence-electron chi connectivity index (χ2n) is 35.8. The van der Waals surface area contributed by atoms with Gasteiger partial charge in [-0.3, -0.25) is 0 Å². The van der Waals surface area contributed by atoms with Crippen molar-refractivity contribution >= 4 is 65.8 Å². The molecule has 0 unspecified atom stereocenters. The summed E-state index contributed by atoms with van der Waals surface area (Å²) in [6, 6.07) is 136. The minimum atomic E-state index is -0.224. The first kappa shape index (κ1) is 78.6. The van der Waals surface area contributed by atoms with Crippen molar-refractivity contribution in [2.75, 3.05) is 0 Å². The molecule has 23 aromatic rings. The van der Waals surface area contributed by atoms with Gasteiger partial charge < -0.3 is 13.3 Å². The summed E-state index contributed by atoms with van der Waals surface area (Å²) in [6.45, 7) is 13.9. The minimum Gasteiger partial charge on any atom is -0.456 e. The van der Waals surface area contributed by atoms with Crippen LogP contribution < -0.4 is 0 Å². The summed E-state index contributed by atoms with van der Waals surface area (Å²) >= 11 is 0. The zero-order chi connectivity index (χ0) is 88.5. The van der Waals surface area contributed by atoms with E-state index in [1.807, 2.05) is 194 Å². The van der Waals surface area contributed by atoms with Crippen molar-refractivity contribution in [2.45, 2.75) is 57.8 Å². The SMILES string of the molecule is CC1(C)c2ccccc2-c2cc3c(cc21)oc1cc(-c2nc(-c4ccccc4)nc(-c4ccccc4)n2)ccc13.CC1(C)c2ccccc2-c2cc3c(oc4ccccc43)c(-c3ccc(-c4nc(-c5ccccc5)nc(-c5ccccc5)n4)cc3)c21.CC1(C)c2ccccc2-c2cc3c(oc4ccccc43)c(-c3cccc(-c4nc(-c5ccccc5)nc(-c5ccccc5)n4)c3)c21. The first-order valence-electron chi connectivity index (χ1n) is 44.8. The van der Waals surface area contributed by atoms with Crippen LogP contribution in [-0.4, -0.2) is 44.9 Å². The molecule has 6 aromatic heterocycles. The van der Waals surface area contributed by atoms with Gasteiger partial charge in [0.2, 0.25) is 0 Å². The molecule has 0 N–H and O–H groups in total. The second kappa shape index (κ2) is 31.3. The molecular formula is C120H83N9O3. The summed E-state index contributed by atoms with van der Waals surface area (Å²) < 4.78 is 19.9. The van der Waals surface area contributed by atoms with Gasteiger partial charge >= 0.3 is 0 Å². The van der Waals surface area contributed by atoms with E-state index >= 15 is 0 Å². The Balaban J connectivity index is 0.000000110. The van der Waals surface area contributed by atoms with Crippen molar-refractivity contribution in [3.8, 4) is 158 Å². The van der Waals surface area contributed by atoms with Crippen LogP contribution in [-0.2, 0) is 16.2 Å². The molecule has 12 heteroatoms. The number of nitrogens with zero attached hydrogens (tertiary/aromatic N) is 9. The lowest BCUT2D eigenvalue weighted by atomic mass is 9.78. The Kier molecular flexibility index (Phi) is 18.6. The maximum Gasteiger partial charge on any atom is 0.164 e. The second-order valence-corrected chi connectivity index (χ2v) is 35.8. The maximum absolute atomic E-state index is 6.71. The fraction of sp³-hybridized carbons (Fsp3) is 0.0750. The minimum absolute atomic E-state index is 0.0726. The lowest BCUT2D eigenvalue weighted by Gasteiger charge is -2.25. The summed E-state index contributed by atoms with van der Waals surface area (Å²) in [7, 11) is 0. The average Bonchev–Trinajstić information content (AvgIpc) is 1.55. The van der Waals surface area contributed by atoms with E-state index in [9.17, 15) is 0 Å². The molecule has 0 fully saturated rings. The summed E-state index contributed by atoms with van der Waals surface area (Å²) in [6.07, 6.45) is 0. The molecular weight excluding hydrogens is 1620 g/mol. The summed E-state index contributed by atoms with van der Waals surface area (Å²) in [5, 5.41) is 6.73. The van der Waals surface area contributed by atoms with E-state index in [4.69, 9.17) is 58.1 Å². The topological polar surface area (TPSA) is 155 Å². The molecule has 17 aromatic carbocycles. The largest absolute Gasteiger partial charge is 0.456 e. The highest BCUT2D eigenvalue weighted by molar-refractivity contribution is 6.16. The first-order valence-corrected chi connectivity index (χ1v) is 44.8. The molecule has 3 aliphatic carbocycles. The highest BCUT2D eigenvalue weighted by Gasteiger charge is 2.42. The van der Waals surface area contributed by atoms with Crippen molar-refractivity contribution < 1.29 is 13.3 Å². The van der Waals surface area contributed by atoms with E-state index in [-0.39, 0.29) is 16.2 Å². The number of hydrogen-bond donors (Lipinski definition) is 0. The fourth-order valence-corrected chi connectivity index (χ4v) is 20.3. The third-order valence-electron chi connectivity index (χ3n) is 26.7. The van der Waals surface area contributed by atoms with Gasteiger partial charge in [-0.1, -0.05) is 381 Å². The van der Waals surface area contributed by atoms with Crippen LogP contribution in [0.5, 0.6) is 0 Å². The third kappa shape index (κ3) is 13.3. The van der Waals surface area contributed by atoms with Crippen LogP contribution in [0.2, 0.25) is 0 Å². The number of para-hydroxylation sites is 2. The quantitative estimate of drug-likeness (QED) is 0.121. The van der Waals surface area contributed by atoms with Crippen LogP contribution in [0, 0.1) is 0 Å². The first-order chi connectivity index (χ1) is 64.7. The maximum atomic E-state index is 6.71. The molecule has 0 saturated heterocycles. The van der Waals surface area contributed by atoms with Gasteiger partial charge in [-0.2, -0.15) is 0 Å². The standard InChI is InChI=1S/2C42H29N3O.C36H25N3O/c1-42(2)34-22-11-9-20-30(34)32-25-33-31-21-10-12-23-35(31)46-38(33)36(37(32)42)28-18-13-19-29(24-28)41-44-39(26-14-5-3-6-15-26)43-40(45-41)27-16-7-4-8-17-27;1-42(2)34-19-11-9-17-30(34)32-25-33-31-18-10-12-20-35(31)46-38(33)36(37(32)42)26-21-23-29(24-22-26)41-44-39(27-13-5-3-6-14-27)43-40(45-41)28-15-7-4-8-16-28;1-36(2)29-16-10-9-15-25(29)27-20-28-26-18-17-24(19-31(26)40-32(28)21-30(27)36)35-38-33(22-11-5-3-6-12-22)37-34(39-35)23-13-7-4-8-14-23/h2*3-25H,1-2H3;3-21H,1-2H3. The molecule has 0 atom stereocenters. The smallest absolute Gasteiger partial charge is 0.164 e. The lowest BCUT2D eigenvalue weighted by Crippen LogP contribution is -2.16. The number of benzene rings is 17. The van der Waals surface area contributed by atoms with Crippen molar-refractivity contribution in [2.24, 2.45) is 0 Å². The van der Waals surface area contributed by atoms with Crippen molar-refractivity contribution in [1.29, 1.82) is 0 Å². The molecule has 3 aliphatic rings. The van der Waals surface area contributed by atoms with Crippen LogP contribution in [0.15, 0.2) is 408 Å². The summed E-state index contributed by atoms with van der Waals surface area (Å²) in [4.78, 5) is 44.3. The molecule has 0 radical (unpaired) electrons. The Hall–Kier alpha value is -16.8. The van der Waals surface area contributed by atoms with E-state index in [0.717, 1.165) is 138 Å². The van der Waals surface area contributed by atoms with Crippen molar-refractivity contribution in [3.05, 3.63) is 428 Å². The van der Waals surface area contributed by atoms with Gasteiger partial charge in [0.05, 0.1) is 0 Å². The molecule has 6 heterocycles. The number of hydrogen-bond acceptors (Lipinski definition) is 12. The number of aromatic nitrogens is 9.